The molecule has 0 aromatic rings. The average Bonchev–Trinajstić information content (AvgIpc) is 2.15. The minimum absolute atomic E-state index is 0.148. The second kappa shape index (κ2) is 2.85. The molecule has 0 unspecified atom stereocenters. The molecule has 0 radical (unpaired) electrons. The Hall–Kier alpha value is -0.810. The molecule has 58 valence electrons. The largest absolute Gasteiger partial charge is 0.370 e. The van der Waals surface area contributed by atoms with E-state index >= 15 is 0 Å². The lowest BCUT2D eigenvalue weighted by Crippen LogP contribution is -2.39. The molecule has 0 fully saturated rings. The van der Waals surface area contributed by atoms with Crippen LogP contribution in [0.15, 0.2) is 4.99 Å². The molecule has 0 spiro atoms. The zero-order chi connectivity index (χ0) is 7.56. The first-order valence-electron chi connectivity index (χ1n) is 3.11. The van der Waals surface area contributed by atoms with E-state index in [1.807, 2.05) is 0 Å². The highest BCUT2D eigenvalue weighted by Gasteiger charge is 2.15. The van der Waals surface area contributed by atoms with Crippen LogP contribution >= 0.6 is 0 Å². The molecule has 1 aliphatic heterocycles. The van der Waals surface area contributed by atoms with Crippen molar-refractivity contribution in [3.63, 3.8) is 0 Å². The van der Waals surface area contributed by atoms with Crippen LogP contribution < -0.4 is 5.73 Å². The number of nitrogens with zero attached hydrogens (tertiary/aromatic N) is 2. The van der Waals surface area contributed by atoms with Crippen molar-refractivity contribution in [2.45, 2.75) is 6.29 Å². The minimum atomic E-state index is -1.33. The lowest BCUT2D eigenvalue weighted by atomic mass is 10.5. The van der Waals surface area contributed by atoms with Gasteiger partial charge in [0, 0.05) is 6.54 Å². The Morgan fingerprint density at radius 3 is 2.80 bits per heavy atom. The van der Waals surface area contributed by atoms with Crippen molar-refractivity contribution >= 4 is 5.96 Å². The second-order valence-corrected chi connectivity index (χ2v) is 2.17. The number of guanidine groups is 1. The summed E-state index contributed by atoms with van der Waals surface area (Å²) in [6.07, 6.45) is -1.33. The summed E-state index contributed by atoms with van der Waals surface area (Å²) in [6.45, 7) is 1.48. The van der Waals surface area contributed by atoms with E-state index < -0.39 is 6.29 Å². The minimum Gasteiger partial charge on any atom is -0.370 e. The fourth-order valence-corrected chi connectivity index (χ4v) is 0.882. The maximum Gasteiger partial charge on any atom is 0.191 e. The molecular formula is C5H11N3O2. The van der Waals surface area contributed by atoms with Crippen LogP contribution in [-0.2, 0) is 0 Å². The van der Waals surface area contributed by atoms with E-state index in [0.29, 0.717) is 19.0 Å². The summed E-state index contributed by atoms with van der Waals surface area (Å²) in [5.41, 5.74) is 5.38. The zero-order valence-electron chi connectivity index (χ0n) is 5.56. The smallest absolute Gasteiger partial charge is 0.191 e. The topological polar surface area (TPSA) is 82.1 Å². The van der Waals surface area contributed by atoms with Crippen molar-refractivity contribution in [1.82, 2.24) is 4.90 Å². The Balaban J connectivity index is 2.35. The number of aliphatic hydroxyl groups is 2. The van der Waals surface area contributed by atoms with Crippen LogP contribution in [0.25, 0.3) is 0 Å². The Kier molecular flexibility index (Phi) is 2.08. The quantitative estimate of drug-likeness (QED) is 0.390. The highest BCUT2D eigenvalue weighted by atomic mass is 16.5. The normalized spacial score (nSPS) is 18.3. The third-order valence-electron chi connectivity index (χ3n) is 1.35. The van der Waals surface area contributed by atoms with Crippen molar-refractivity contribution in [3.05, 3.63) is 0 Å². The van der Waals surface area contributed by atoms with Crippen molar-refractivity contribution in [2.75, 3.05) is 19.6 Å². The van der Waals surface area contributed by atoms with Crippen molar-refractivity contribution in [3.8, 4) is 0 Å². The van der Waals surface area contributed by atoms with E-state index in [-0.39, 0.29) is 6.54 Å². The standard InChI is InChI=1S/C5H11N3O2/c6-5-7-1-2-8(5)3-4(9)10/h4,9-10H,1-3H2,(H2,6,7). The van der Waals surface area contributed by atoms with Crippen LogP contribution in [0.3, 0.4) is 0 Å². The zero-order valence-corrected chi connectivity index (χ0v) is 5.56. The lowest BCUT2D eigenvalue weighted by Gasteiger charge is -2.17. The van der Waals surface area contributed by atoms with Gasteiger partial charge in [0.25, 0.3) is 0 Å². The fourth-order valence-electron chi connectivity index (χ4n) is 0.882. The van der Waals surface area contributed by atoms with Crippen molar-refractivity contribution in [1.29, 1.82) is 0 Å². The molecule has 4 N–H and O–H groups in total. The van der Waals surface area contributed by atoms with Gasteiger partial charge in [-0.3, -0.25) is 4.99 Å². The first-order valence-corrected chi connectivity index (χ1v) is 3.11. The van der Waals surface area contributed by atoms with Crippen molar-refractivity contribution < 1.29 is 10.2 Å². The maximum atomic E-state index is 8.53. The van der Waals surface area contributed by atoms with Crippen LogP contribution in [0, 0.1) is 0 Å². The van der Waals surface area contributed by atoms with Crippen molar-refractivity contribution in [2.24, 2.45) is 10.7 Å². The molecule has 5 heteroatoms. The molecule has 0 aromatic carbocycles. The number of nitrogens with two attached hydrogens (primary N) is 1. The summed E-state index contributed by atoms with van der Waals surface area (Å²) in [4.78, 5) is 5.50. The van der Waals surface area contributed by atoms with Gasteiger partial charge in [0.2, 0.25) is 0 Å². The Morgan fingerprint density at radius 2 is 2.40 bits per heavy atom. The maximum absolute atomic E-state index is 8.53. The number of aliphatic hydroxyl groups excluding tert-OH is 1. The summed E-state index contributed by atoms with van der Waals surface area (Å²) < 4.78 is 0. The van der Waals surface area contributed by atoms with Gasteiger partial charge in [-0.15, -0.1) is 0 Å². The summed E-state index contributed by atoms with van der Waals surface area (Å²) in [6, 6.07) is 0. The molecule has 0 aliphatic carbocycles. The van der Waals surface area contributed by atoms with Gasteiger partial charge in [-0.1, -0.05) is 0 Å². The number of hydrogen-bond acceptors (Lipinski definition) is 5. The summed E-state index contributed by atoms with van der Waals surface area (Å²) in [5.74, 6) is 0.396. The molecule has 0 aromatic heterocycles. The molecule has 1 heterocycles. The number of rotatable bonds is 2. The van der Waals surface area contributed by atoms with E-state index in [9.17, 15) is 0 Å². The van der Waals surface area contributed by atoms with Gasteiger partial charge >= 0.3 is 0 Å². The number of β-amino-alcohol motifs (C(OH)–C–C–N with tert-alkyl or cyclic N) is 2. The lowest BCUT2D eigenvalue weighted by molar-refractivity contribution is -0.0501. The molecule has 0 amide bonds. The van der Waals surface area contributed by atoms with Gasteiger partial charge in [0.15, 0.2) is 12.2 Å². The Bertz CT molecular complexity index is 146. The highest BCUT2D eigenvalue weighted by molar-refractivity contribution is 5.79. The average molecular weight is 145 g/mol. The van der Waals surface area contributed by atoms with Crippen LogP contribution in [0.5, 0.6) is 0 Å². The summed E-state index contributed by atoms with van der Waals surface area (Å²) >= 11 is 0. The third-order valence-corrected chi connectivity index (χ3v) is 1.35. The predicted octanol–water partition coefficient (Wildman–Crippen LogP) is -2.07. The Labute approximate surface area is 58.8 Å². The first kappa shape index (κ1) is 7.30. The van der Waals surface area contributed by atoms with Crippen LogP contribution in [0.2, 0.25) is 0 Å². The Morgan fingerprint density at radius 1 is 1.70 bits per heavy atom. The summed E-state index contributed by atoms with van der Waals surface area (Å²) in [7, 11) is 0. The van der Waals surface area contributed by atoms with E-state index in [2.05, 4.69) is 4.99 Å². The molecule has 0 atom stereocenters. The van der Waals surface area contributed by atoms with E-state index in [1.54, 1.807) is 4.90 Å². The predicted molar refractivity (Wildman–Crippen MR) is 36.3 cm³/mol. The van der Waals surface area contributed by atoms with E-state index in [0.717, 1.165) is 0 Å². The van der Waals surface area contributed by atoms with Gasteiger partial charge in [-0.05, 0) is 0 Å². The molecule has 5 nitrogen and oxygen atoms in total. The first-order chi connectivity index (χ1) is 4.70. The van der Waals surface area contributed by atoms with Gasteiger partial charge in [-0.2, -0.15) is 0 Å². The van der Waals surface area contributed by atoms with Gasteiger partial charge in [0.1, 0.15) is 0 Å². The molecule has 0 bridgehead atoms. The van der Waals surface area contributed by atoms with Gasteiger partial charge in [0.05, 0.1) is 13.1 Å². The SMILES string of the molecule is NC1=NCCN1CC(O)O. The van der Waals surface area contributed by atoms with Gasteiger partial charge in [-0.25, -0.2) is 0 Å². The molecular weight excluding hydrogens is 134 g/mol. The fraction of sp³-hybridized carbons (Fsp3) is 0.800. The van der Waals surface area contributed by atoms with E-state index in [4.69, 9.17) is 15.9 Å². The number of hydrogen-bond donors (Lipinski definition) is 3. The molecule has 0 saturated carbocycles. The molecule has 10 heavy (non-hydrogen) atoms. The third kappa shape index (κ3) is 1.58. The monoisotopic (exact) mass is 145 g/mol. The second-order valence-electron chi connectivity index (χ2n) is 2.17. The number of aliphatic imine (C=N–C) groups is 1. The van der Waals surface area contributed by atoms with Crippen LogP contribution in [0.1, 0.15) is 0 Å². The van der Waals surface area contributed by atoms with Gasteiger partial charge < -0.3 is 20.8 Å². The van der Waals surface area contributed by atoms with Crippen LogP contribution in [-0.4, -0.2) is 47.0 Å². The highest BCUT2D eigenvalue weighted by Crippen LogP contribution is 1.97. The van der Waals surface area contributed by atoms with Crippen LogP contribution in [0.4, 0.5) is 0 Å². The molecule has 1 aliphatic rings. The molecule has 0 saturated heterocycles. The molecule has 1 rings (SSSR count). The van der Waals surface area contributed by atoms with E-state index in [1.165, 1.54) is 0 Å². The summed E-state index contributed by atoms with van der Waals surface area (Å²) in [5, 5.41) is 17.1.